The predicted octanol–water partition coefficient (Wildman–Crippen LogP) is 1.92. The molecule has 0 bridgehead atoms. The van der Waals surface area contributed by atoms with Crippen molar-refractivity contribution in [3.8, 4) is 0 Å². The van der Waals surface area contributed by atoms with Crippen molar-refractivity contribution in [2.75, 3.05) is 0 Å². The van der Waals surface area contributed by atoms with Crippen LogP contribution in [0.15, 0.2) is 23.4 Å². The number of carbonyl (C=O) groups is 1. The number of nitrogens with zero attached hydrogens (tertiary/aromatic N) is 1. The van der Waals surface area contributed by atoms with E-state index in [-0.39, 0.29) is 0 Å². The fourth-order valence-corrected chi connectivity index (χ4v) is 0.755. The zero-order valence-electron chi connectivity index (χ0n) is 5.82. The lowest BCUT2D eigenvalue weighted by Gasteiger charge is -1.96. The molecule has 4 nitrogen and oxygen atoms in total. The number of carboxylic acid groups (broad SMARTS) is 1. The summed E-state index contributed by atoms with van der Waals surface area (Å²) in [5.41, 5.74) is -1.04. The lowest BCUT2D eigenvalue weighted by molar-refractivity contribution is 0.0692. The molecule has 0 atom stereocenters. The van der Waals surface area contributed by atoms with Crippen LogP contribution in [-0.2, 0) is 0 Å². The third-order valence-electron chi connectivity index (χ3n) is 1.31. The molecule has 12 heavy (non-hydrogen) atoms. The van der Waals surface area contributed by atoms with Crippen molar-refractivity contribution in [2.45, 2.75) is 0 Å². The molecule has 1 aromatic rings. The number of benzene rings is 1. The minimum absolute atomic E-state index is 0.491. The standard InChI is InChI=1S/C7H4FNO3/c8-6-4(7(10)11)2-1-3-5(6)9-12/h1-3H,(H,10,11). The summed E-state index contributed by atoms with van der Waals surface area (Å²) in [6, 6.07) is 3.42. The number of aromatic carboxylic acids is 1. The first kappa shape index (κ1) is 8.32. The van der Waals surface area contributed by atoms with Gasteiger partial charge in [0.1, 0.15) is 5.69 Å². The van der Waals surface area contributed by atoms with Crippen molar-refractivity contribution in [2.24, 2.45) is 5.18 Å². The van der Waals surface area contributed by atoms with Crippen LogP contribution < -0.4 is 0 Å². The Morgan fingerprint density at radius 3 is 2.67 bits per heavy atom. The Morgan fingerprint density at radius 2 is 2.17 bits per heavy atom. The zero-order chi connectivity index (χ0) is 9.14. The average Bonchev–Trinajstić information content (AvgIpc) is 2.04. The van der Waals surface area contributed by atoms with E-state index in [0.29, 0.717) is 0 Å². The fraction of sp³-hybridized carbons (Fsp3) is 0. The van der Waals surface area contributed by atoms with Crippen LogP contribution in [0, 0.1) is 10.7 Å². The summed E-state index contributed by atoms with van der Waals surface area (Å²) in [6.07, 6.45) is 0. The quantitative estimate of drug-likeness (QED) is 0.687. The highest BCUT2D eigenvalue weighted by Crippen LogP contribution is 2.20. The number of halogens is 1. The lowest BCUT2D eigenvalue weighted by atomic mass is 10.2. The van der Waals surface area contributed by atoms with Gasteiger partial charge in [0.15, 0.2) is 5.82 Å². The van der Waals surface area contributed by atoms with Crippen molar-refractivity contribution < 1.29 is 14.3 Å². The molecule has 1 rings (SSSR count). The van der Waals surface area contributed by atoms with Crippen molar-refractivity contribution in [1.82, 2.24) is 0 Å². The van der Waals surface area contributed by atoms with Gasteiger partial charge >= 0.3 is 5.97 Å². The number of hydrogen-bond acceptors (Lipinski definition) is 3. The van der Waals surface area contributed by atoms with Crippen LogP contribution in [0.25, 0.3) is 0 Å². The first-order chi connectivity index (χ1) is 5.66. The van der Waals surface area contributed by atoms with E-state index in [1.165, 1.54) is 6.07 Å². The maximum Gasteiger partial charge on any atom is 0.338 e. The Bertz CT molecular complexity index is 337. The smallest absolute Gasteiger partial charge is 0.338 e. The van der Waals surface area contributed by atoms with Gasteiger partial charge in [0.2, 0.25) is 0 Å². The Kier molecular flexibility index (Phi) is 2.14. The van der Waals surface area contributed by atoms with Gasteiger partial charge in [-0.25, -0.2) is 9.18 Å². The van der Waals surface area contributed by atoms with Crippen LogP contribution in [0.1, 0.15) is 10.4 Å². The molecule has 5 heteroatoms. The van der Waals surface area contributed by atoms with Gasteiger partial charge in [0, 0.05) is 0 Å². The Hall–Kier alpha value is -1.78. The monoisotopic (exact) mass is 169 g/mol. The molecule has 0 saturated carbocycles. The van der Waals surface area contributed by atoms with E-state index in [1.54, 1.807) is 0 Å². The molecule has 1 aromatic carbocycles. The molecular formula is C7H4FNO3. The van der Waals surface area contributed by atoms with E-state index < -0.39 is 23.0 Å². The van der Waals surface area contributed by atoms with E-state index in [9.17, 15) is 14.1 Å². The van der Waals surface area contributed by atoms with Crippen LogP contribution in [0.5, 0.6) is 0 Å². The molecule has 1 N–H and O–H groups in total. The molecule has 0 saturated heterocycles. The highest BCUT2D eigenvalue weighted by Gasteiger charge is 2.13. The molecule has 0 fully saturated rings. The predicted molar refractivity (Wildman–Crippen MR) is 38.8 cm³/mol. The lowest BCUT2D eigenvalue weighted by Crippen LogP contribution is -1.99. The van der Waals surface area contributed by atoms with Crippen molar-refractivity contribution in [3.05, 3.63) is 34.5 Å². The van der Waals surface area contributed by atoms with E-state index in [4.69, 9.17) is 5.11 Å². The Balaban J connectivity index is 3.32. The highest BCUT2D eigenvalue weighted by molar-refractivity contribution is 5.89. The molecule has 0 unspecified atom stereocenters. The van der Waals surface area contributed by atoms with Gasteiger partial charge in [-0.1, -0.05) is 6.07 Å². The first-order valence-corrected chi connectivity index (χ1v) is 3.02. The summed E-state index contributed by atoms with van der Waals surface area (Å²) in [4.78, 5) is 20.2. The summed E-state index contributed by atoms with van der Waals surface area (Å²) >= 11 is 0. The normalized spacial score (nSPS) is 9.42. The van der Waals surface area contributed by atoms with Gasteiger partial charge in [0.25, 0.3) is 0 Å². The number of carboxylic acids is 1. The van der Waals surface area contributed by atoms with Gasteiger partial charge in [-0.2, -0.15) is 0 Å². The minimum Gasteiger partial charge on any atom is -0.478 e. The summed E-state index contributed by atoms with van der Waals surface area (Å²) in [6.45, 7) is 0. The van der Waals surface area contributed by atoms with Crippen LogP contribution in [0.2, 0.25) is 0 Å². The molecule has 0 radical (unpaired) electrons. The van der Waals surface area contributed by atoms with Gasteiger partial charge in [0.05, 0.1) is 5.56 Å². The van der Waals surface area contributed by atoms with Gasteiger partial charge in [-0.3, -0.25) is 0 Å². The second-order valence-electron chi connectivity index (χ2n) is 2.04. The van der Waals surface area contributed by atoms with E-state index in [2.05, 4.69) is 5.18 Å². The summed E-state index contributed by atoms with van der Waals surface area (Å²) in [7, 11) is 0. The molecule has 0 aromatic heterocycles. The number of rotatable bonds is 2. The molecule has 0 aliphatic heterocycles. The molecule has 0 aliphatic rings. The molecule has 62 valence electrons. The maximum absolute atomic E-state index is 12.8. The zero-order valence-corrected chi connectivity index (χ0v) is 5.82. The largest absolute Gasteiger partial charge is 0.478 e. The van der Waals surface area contributed by atoms with E-state index in [0.717, 1.165) is 12.1 Å². The molecule has 0 spiro atoms. The van der Waals surface area contributed by atoms with Crippen molar-refractivity contribution in [1.29, 1.82) is 0 Å². The average molecular weight is 169 g/mol. The van der Waals surface area contributed by atoms with E-state index in [1.807, 2.05) is 0 Å². The topological polar surface area (TPSA) is 66.7 Å². The number of hydrogen-bond donors (Lipinski definition) is 1. The SMILES string of the molecule is O=Nc1cccc(C(=O)O)c1F. The molecule has 0 heterocycles. The summed E-state index contributed by atoms with van der Waals surface area (Å²) < 4.78 is 12.8. The second-order valence-corrected chi connectivity index (χ2v) is 2.04. The van der Waals surface area contributed by atoms with Crippen LogP contribution in [0.3, 0.4) is 0 Å². The Morgan fingerprint density at radius 1 is 1.50 bits per heavy atom. The van der Waals surface area contributed by atoms with Gasteiger partial charge in [-0.05, 0) is 17.3 Å². The minimum atomic E-state index is -1.42. The van der Waals surface area contributed by atoms with Crippen LogP contribution in [0.4, 0.5) is 10.1 Å². The van der Waals surface area contributed by atoms with Crippen molar-refractivity contribution in [3.63, 3.8) is 0 Å². The van der Waals surface area contributed by atoms with Crippen LogP contribution >= 0.6 is 0 Å². The maximum atomic E-state index is 12.8. The molecule has 0 amide bonds. The summed E-state index contributed by atoms with van der Waals surface area (Å²) in [5, 5.41) is 10.7. The number of nitroso groups, excluding NO2 is 1. The molecular weight excluding hydrogens is 165 g/mol. The third kappa shape index (κ3) is 1.29. The fourth-order valence-electron chi connectivity index (χ4n) is 0.755. The third-order valence-corrected chi connectivity index (χ3v) is 1.31. The summed E-state index contributed by atoms with van der Waals surface area (Å²) in [5.74, 6) is -2.52. The van der Waals surface area contributed by atoms with Crippen LogP contribution in [-0.4, -0.2) is 11.1 Å². The van der Waals surface area contributed by atoms with E-state index >= 15 is 0 Å². The van der Waals surface area contributed by atoms with Gasteiger partial charge in [-0.15, -0.1) is 4.91 Å². The Labute approximate surface area is 66.6 Å². The second kappa shape index (κ2) is 3.08. The molecule has 0 aliphatic carbocycles. The van der Waals surface area contributed by atoms with Crippen molar-refractivity contribution >= 4 is 11.7 Å². The first-order valence-electron chi connectivity index (χ1n) is 3.02. The van der Waals surface area contributed by atoms with Gasteiger partial charge < -0.3 is 5.11 Å². The highest BCUT2D eigenvalue weighted by atomic mass is 19.1.